The lowest BCUT2D eigenvalue weighted by Crippen LogP contribution is -2.36. The number of nitrogens with one attached hydrogen (secondary N) is 1. The minimum Gasteiger partial charge on any atom is -0.384 e. The van der Waals surface area contributed by atoms with Crippen molar-refractivity contribution in [1.82, 2.24) is 0 Å². The summed E-state index contributed by atoms with van der Waals surface area (Å²) in [6, 6.07) is 2.23. The number of hydrogen-bond acceptors (Lipinski definition) is 3. The number of halogens is 2. The summed E-state index contributed by atoms with van der Waals surface area (Å²) in [5, 5.41) is 7.23. The fourth-order valence-corrected chi connectivity index (χ4v) is 2.58. The van der Waals surface area contributed by atoms with Gasteiger partial charge in [0.2, 0.25) is 0 Å². The third kappa shape index (κ3) is 3.07. The van der Waals surface area contributed by atoms with Gasteiger partial charge in [-0.3, -0.25) is 5.41 Å². The molecule has 20 heavy (non-hydrogen) atoms. The summed E-state index contributed by atoms with van der Waals surface area (Å²) in [5.74, 6) is -1.23. The summed E-state index contributed by atoms with van der Waals surface area (Å²) in [5.41, 5.74) is 5.30. The standard InChI is InChI=1S/C14H19F2N3O/c1-20-8-9-2-4-19(5-3-9)13-11(15)6-10(14(17)18)7-12(13)16/h6-7,9H,2-5,8H2,1H3,(H3,17,18). The Hall–Kier alpha value is -1.69. The highest BCUT2D eigenvalue weighted by Gasteiger charge is 2.24. The zero-order valence-corrected chi connectivity index (χ0v) is 11.5. The molecule has 110 valence electrons. The summed E-state index contributed by atoms with van der Waals surface area (Å²) in [7, 11) is 1.66. The molecule has 1 aromatic rings. The highest BCUT2D eigenvalue weighted by atomic mass is 19.1. The first kappa shape index (κ1) is 14.7. The number of benzene rings is 1. The van der Waals surface area contributed by atoms with E-state index in [0.29, 0.717) is 25.6 Å². The monoisotopic (exact) mass is 283 g/mol. The highest BCUT2D eigenvalue weighted by Crippen LogP contribution is 2.29. The van der Waals surface area contributed by atoms with Gasteiger partial charge in [-0.25, -0.2) is 8.78 Å². The van der Waals surface area contributed by atoms with Gasteiger partial charge in [0.15, 0.2) is 0 Å². The van der Waals surface area contributed by atoms with Crippen molar-refractivity contribution in [3.8, 4) is 0 Å². The van der Waals surface area contributed by atoms with Gasteiger partial charge >= 0.3 is 0 Å². The molecular formula is C14H19F2N3O. The maximum Gasteiger partial charge on any atom is 0.150 e. The van der Waals surface area contributed by atoms with Crippen LogP contribution < -0.4 is 10.6 Å². The number of amidine groups is 1. The molecule has 1 aliphatic rings. The van der Waals surface area contributed by atoms with Crippen LogP contribution in [0.4, 0.5) is 14.5 Å². The Kier molecular flexibility index (Phi) is 4.54. The smallest absolute Gasteiger partial charge is 0.150 e. The van der Waals surface area contributed by atoms with E-state index in [1.54, 1.807) is 12.0 Å². The quantitative estimate of drug-likeness (QED) is 0.657. The van der Waals surface area contributed by atoms with Crippen molar-refractivity contribution in [2.24, 2.45) is 11.7 Å². The van der Waals surface area contributed by atoms with E-state index in [4.69, 9.17) is 15.9 Å². The van der Waals surface area contributed by atoms with E-state index in [0.717, 1.165) is 25.0 Å². The predicted molar refractivity (Wildman–Crippen MR) is 74.2 cm³/mol. The molecule has 1 heterocycles. The summed E-state index contributed by atoms with van der Waals surface area (Å²) < 4.78 is 33.2. The first-order chi connectivity index (χ1) is 9.52. The number of nitrogen functional groups attached to an aromatic ring is 1. The zero-order chi connectivity index (χ0) is 14.7. The number of nitrogens with zero attached hydrogens (tertiary/aromatic N) is 1. The molecule has 0 unspecified atom stereocenters. The van der Waals surface area contributed by atoms with E-state index in [9.17, 15) is 8.78 Å². The molecule has 1 fully saturated rings. The number of rotatable bonds is 4. The maximum absolute atomic E-state index is 14.0. The molecular weight excluding hydrogens is 264 g/mol. The van der Waals surface area contributed by atoms with Crippen molar-refractivity contribution >= 4 is 11.5 Å². The van der Waals surface area contributed by atoms with Gasteiger partial charge in [-0.2, -0.15) is 0 Å². The lowest BCUT2D eigenvalue weighted by molar-refractivity contribution is 0.139. The van der Waals surface area contributed by atoms with Crippen molar-refractivity contribution in [3.63, 3.8) is 0 Å². The predicted octanol–water partition coefficient (Wildman–Crippen LogP) is 2.11. The van der Waals surface area contributed by atoms with Crippen LogP contribution in [0.1, 0.15) is 18.4 Å². The van der Waals surface area contributed by atoms with E-state index >= 15 is 0 Å². The molecule has 0 spiro atoms. The Balaban J connectivity index is 2.16. The average molecular weight is 283 g/mol. The molecule has 6 heteroatoms. The Morgan fingerprint density at radius 3 is 2.35 bits per heavy atom. The molecule has 2 rings (SSSR count). The summed E-state index contributed by atoms with van der Waals surface area (Å²) >= 11 is 0. The van der Waals surface area contributed by atoms with Gasteiger partial charge in [-0.15, -0.1) is 0 Å². The number of nitrogens with two attached hydrogens (primary N) is 1. The number of methoxy groups -OCH3 is 1. The van der Waals surface area contributed by atoms with E-state index in [-0.39, 0.29) is 17.1 Å². The van der Waals surface area contributed by atoms with Crippen LogP contribution in [0, 0.1) is 23.0 Å². The molecule has 0 aromatic heterocycles. The molecule has 0 aliphatic carbocycles. The van der Waals surface area contributed by atoms with Gasteiger partial charge in [0, 0.05) is 32.4 Å². The van der Waals surface area contributed by atoms with Crippen molar-refractivity contribution < 1.29 is 13.5 Å². The van der Waals surface area contributed by atoms with Crippen molar-refractivity contribution in [3.05, 3.63) is 29.3 Å². The van der Waals surface area contributed by atoms with Gasteiger partial charge in [0.1, 0.15) is 23.2 Å². The van der Waals surface area contributed by atoms with Crippen LogP contribution in [-0.4, -0.2) is 32.6 Å². The Labute approximate surface area is 117 Å². The molecule has 1 saturated heterocycles. The van der Waals surface area contributed by atoms with Gasteiger partial charge in [-0.05, 0) is 30.9 Å². The molecule has 3 N–H and O–H groups in total. The molecule has 0 radical (unpaired) electrons. The average Bonchev–Trinajstić information content (AvgIpc) is 2.40. The molecule has 1 aliphatic heterocycles. The second kappa shape index (κ2) is 6.17. The summed E-state index contributed by atoms with van der Waals surface area (Å²) in [6.45, 7) is 1.88. The van der Waals surface area contributed by atoms with Crippen LogP contribution in [0.25, 0.3) is 0 Å². The number of anilines is 1. The van der Waals surface area contributed by atoms with Crippen molar-refractivity contribution in [2.75, 3.05) is 31.7 Å². The zero-order valence-electron chi connectivity index (χ0n) is 11.5. The van der Waals surface area contributed by atoms with Gasteiger partial charge in [0.05, 0.1) is 0 Å². The normalized spacial score (nSPS) is 16.4. The van der Waals surface area contributed by atoms with Crippen molar-refractivity contribution in [2.45, 2.75) is 12.8 Å². The lowest BCUT2D eigenvalue weighted by atomic mass is 9.97. The second-order valence-corrected chi connectivity index (χ2v) is 5.09. The Bertz CT molecular complexity index is 476. The molecule has 0 bridgehead atoms. The lowest BCUT2D eigenvalue weighted by Gasteiger charge is -2.33. The Morgan fingerprint density at radius 2 is 1.90 bits per heavy atom. The SMILES string of the molecule is COCC1CCN(c2c(F)cc(C(=N)N)cc2F)CC1. The topological polar surface area (TPSA) is 62.3 Å². The van der Waals surface area contributed by atoms with Crippen LogP contribution in [0.5, 0.6) is 0 Å². The van der Waals surface area contributed by atoms with Crippen molar-refractivity contribution in [1.29, 1.82) is 5.41 Å². The fourth-order valence-electron chi connectivity index (χ4n) is 2.58. The van der Waals surface area contributed by atoms with Gasteiger partial charge < -0.3 is 15.4 Å². The highest BCUT2D eigenvalue weighted by molar-refractivity contribution is 5.95. The molecule has 1 aromatic carbocycles. The largest absolute Gasteiger partial charge is 0.384 e. The second-order valence-electron chi connectivity index (χ2n) is 5.09. The van der Waals surface area contributed by atoms with Crippen LogP contribution in [0.15, 0.2) is 12.1 Å². The van der Waals surface area contributed by atoms with E-state index < -0.39 is 11.6 Å². The third-order valence-electron chi connectivity index (χ3n) is 3.66. The first-order valence-corrected chi connectivity index (χ1v) is 6.60. The van der Waals surface area contributed by atoms with Crippen LogP contribution in [-0.2, 0) is 4.74 Å². The van der Waals surface area contributed by atoms with E-state index in [1.165, 1.54) is 0 Å². The molecule has 4 nitrogen and oxygen atoms in total. The third-order valence-corrected chi connectivity index (χ3v) is 3.66. The number of hydrogen-bond donors (Lipinski definition) is 2. The number of piperidine rings is 1. The van der Waals surface area contributed by atoms with Crippen LogP contribution in [0.3, 0.4) is 0 Å². The maximum atomic E-state index is 14.0. The molecule has 0 atom stereocenters. The first-order valence-electron chi connectivity index (χ1n) is 6.60. The fraction of sp³-hybridized carbons (Fsp3) is 0.500. The van der Waals surface area contributed by atoms with Crippen LogP contribution in [0.2, 0.25) is 0 Å². The van der Waals surface area contributed by atoms with Gasteiger partial charge in [0.25, 0.3) is 0 Å². The summed E-state index contributed by atoms with van der Waals surface area (Å²) in [4.78, 5) is 1.71. The molecule has 0 amide bonds. The summed E-state index contributed by atoms with van der Waals surface area (Å²) in [6.07, 6.45) is 1.70. The Morgan fingerprint density at radius 1 is 1.35 bits per heavy atom. The minimum atomic E-state index is -0.666. The molecule has 0 saturated carbocycles. The minimum absolute atomic E-state index is 0.0223. The van der Waals surface area contributed by atoms with Gasteiger partial charge in [-0.1, -0.05) is 0 Å². The number of ether oxygens (including phenoxy) is 1. The van der Waals surface area contributed by atoms with E-state index in [1.807, 2.05) is 0 Å². The van der Waals surface area contributed by atoms with Crippen LogP contribution >= 0.6 is 0 Å². The van der Waals surface area contributed by atoms with E-state index in [2.05, 4.69) is 0 Å².